The molecule has 5 rings (SSSR count). The highest BCUT2D eigenvalue weighted by Crippen LogP contribution is 2.42. The van der Waals surface area contributed by atoms with E-state index in [0.717, 1.165) is 18.4 Å². The summed E-state index contributed by atoms with van der Waals surface area (Å²) in [5.41, 5.74) is 1.55. The number of aromatic nitrogens is 4. The van der Waals surface area contributed by atoms with Gasteiger partial charge in [-0.25, -0.2) is 9.97 Å². The van der Waals surface area contributed by atoms with Crippen LogP contribution in [-0.2, 0) is 10.0 Å². The van der Waals surface area contributed by atoms with E-state index in [1.165, 1.54) is 13.2 Å². The molecule has 1 saturated carbocycles. The third-order valence-corrected chi connectivity index (χ3v) is 7.39. The first-order valence-corrected chi connectivity index (χ1v) is 14.1. The van der Waals surface area contributed by atoms with Crippen molar-refractivity contribution in [3.63, 3.8) is 0 Å². The van der Waals surface area contributed by atoms with Crippen LogP contribution in [0.3, 0.4) is 0 Å². The first-order valence-electron chi connectivity index (χ1n) is 12.6. The van der Waals surface area contributed by atoms with E-state index >= 15 is 0 Å². The van der Waals surface area contributed by atoms with Gasteiger partial charge in [-0.15, -0.1) is 0 Å². The smallest absolute Gasteiger partial charge is 0.280 e. The molecule has 0 spiro atoms. The van der Waals surface area contributed by atoms with Crippen LogP contribution in [0, 0.1) is 5.92 Å². The molecule has 0 radical (unpaired) electrons. The molecule has 39 heavy (non-hydrogen) atoms. The van der Waals surface area contributed by atoms with Crippen LogP contribution in [0.2, 0.25) is 0 Å². The van der Waals surface area contributed by atoms with Crippen molar-refractivity contribution in [2.75, 3.05) is 18.4 Å². The monoisotopic (exact) mass is 547 g/mol. The average molecular weight is 548 g/mol. The van der Waals surface area contributed by atoms with Gasteiger partial charge in [0.2, 0.25) is 5.75 Å². The normalized spacial score (nSPS) is 13.2. The summed E-state index contributed by atoms with van der Waals surface area (Å²) in [6, 6.07) is 13.7. The third-order valence-electron chi connectivity index (χ3n) is 6.14. The fourth-order valence-corrected chi connectivity index (χ4v) is 4.62. The van der Waals surface area contributed by atoms with Crippen molar-refractivity contribution in [1.29, 1.82) is 0 Å². The first kappa shape index (κ1) is 26.4. The van der Waals surface area contributed by atoms with E-state index in [0.29, 0.717) is 29.6 Å². The Morgan fingerprint density at radius 3 is 2.38 bits per heavy atom. The van der Waals surface area contributed by atoms with Gasteiger partial charge in [0.05, 0.1) is 13.7 Å². The molecule has 3 heterocycles. The number of rotatable bonds is 11. The Hall–Kier alpha value is -4.25. The molecule has 0 bridgehead atoms. The highest BCUT2D eigenvalue weighted by atomic mass is 32.2. The molecule has 3 aromatic heterocycles. The zero-order valence-electron chi connectivity index (χ0n) is 21.9. The lowest BCUT2D eigenvalue weighted by molar-refractivity contribution is 0.273. The lowest BCUT2D eigenvalue weighted by Crippen LogP contribution is -2.17. The molecule has 10 nitrogen and oxygen atoms in total. The number of anilines is 1. The molecule has 4 aromatic rings. The maximum atomic E-state index is 13.5. The van der Waals surface area contributed by atoms with E-state index in [1.54, 1.807) is 61.1 Å². The fourth-order valence-electron chi connectivity index (χ4n) is 3.69. The van der Waals surface area contributed by atoms with Crippen molar-refractivity contribution in [1.82, 2.24) is 19.9 Å². The zero-order chi connectivity index (χ0) is 27.4. The van der Waals surface area contributed by atoms with E-state index in [4.69, 9.17) is 14.2 Å². The third kappa shape index (κ3) is 6.26. The number of pyridine rings is 2. The second-order valence-corrected chi connectivity index (χ2v) is 11.1. The molecule has 0 saturated heterocycles. The number of benzene rings is 1. The van der Waals surface area contributed by atoms with Gasteiger partial charge in [-0.3, -0.25) is 9.71 Å². The molecule has 0 amide bonds. The number of ether oxygens (including phenoxy) is 3. The Labute approximate surface area is 227 Å². The molecule has 1 aliphatic rings. The Bertz CT molecular complexity index is 1540. The molecule has 1 fully saturated rings. The van der Waals surface area contributed by atoms with Crippen molar-refractivity contribution < 1.29 is 22.6 Å². The summed E-state index contributed by atoms with van der Waals surface area (Å²) in [5, 5.41) is -0.153. The molecule has 1 aromatic carbocycles. The first-order chi connectivity index (χ1) is 18.8. The Balaban J connectivity index is 1.62. The number of hydrogen-bond donors (Lipinski definition) is 1. The van der Waals surface area contributed by atoms with Crippen LogP contribution in [0.1, 0.15) is 38.2 Å². The fraction of sp³-hybridized carbons (Fsp3) is 0.286. The zero-order valence-corrected chi connectivity index (χ0v) is 22.7. The standard InChI is InChI=1S/C28H29N5O5S/c1-18(2)21-10-11-24(30-16-21)39(34,35)33-27-25(38-23-7-5-4-6-22(23)36-3)28(37-17-19-8-9-19)32-26(31-27)20-12-14-29-15-13-20/h4-7,10-16,18-19H,8-9,17H2,1-3H3,(H,31,32,33). The summed E-state index contributed by atoms with van der Waals surface area (Å²) in [7, 11) is -2.63. The number of methoxy groups -OCH3 is 1. The summed E-state index contributed by atoms with van der Waals surface area (Å²) in [6.45, 7) is 4.44. The van der Waals surface area contributed by atoms with Gasteiger partial charge in [0.25, 0.3) is 15.9 Å². The number of sulfonamides is 1. The van der Waals surface area contributed by atoms with Gasteiger partial charge in [0.15, 0.2) is 28.2 Å². The van der Waals surface area contributed by atoms with Crippen LogP contribution in [0.15, 0.2) is 72.1 Å². The summed E-state index contributed by atoms with van der Waals surface area (Å²) in [6.07, 6.45) is 6.88. The minimum Gasteiger partial charge on any atom is -0.493 e. The van der Waals surface area contributed by atoms with E-state index < -0.39 is 10.0 Å². The highest BCUT2D eigenvalue weighted by molar-refractivity contribution is 7.92. The predicted octanol–water partition coefficient (Wildman–Crippen LogP) is 5.45. The molecule has 0 unspecified atom stereocenters. The largest absolute Gasteiger partial charge is 0.493 e. The van der Waals surface area contributed by atoms with Crippen LogP contribution in [0.25, 0.3) is 11.4 Å². The molecule has 202 valence electrons. The minimum atomic E-state index is -4.15. The van der Waals surface area contributed by atoms with Gasteiger partial charge in [-0.1, -0.05) is 32.0 Å². The molecule has 1 N–H and O–H groups in total. The number of nitrogens with zero attached hydrogens (tertiary/aromatic N) is 4. The second kappa shape index (κ2) is 11.2. The summed E-state index contributed by atoms with van der Waals surface area (Å²) in [5.74, 6) is 1.68. The average Bonchev–Trinajstić information content (AvgIpc) is 3.78. The minimum absolute atomic E-state index is 0.0142. The summed E-state index contributed by atoms with van der Waals surface area (Å²) in [4.78, 5) is 17.4. The number of nitrogens with one attached hydrogen (secondary N) is 1. The van der Waals surface area contributed by atoms with Crippen molar-refractivity contribution in [3.8, 4) is 34.5 Å². The number of hydrogen-bond acceptors (Lipinski definition) is 9. The molecule has 1 aliphatic carbocycles. The van der Waals surface area contributed by atoms with Gasteiger partial charge >= 0.3 is 0 Å². The second-order valence-electron chi connectivity index (χ2n) is 9.46. The number of para-hydroxylation sites is 2. The van der Waals surface area contributed by atoms with Crippen LogP contribution in [0.4, 0.5) is 5.82 Å². The van der Waals surface area contributed by atoms with Gasteiger partial charge in [-0.2, -0.15) is 13.4 Å². The Morgan fingerprint density at radius 2 is 1.74 bits per heavy atom. The van der Waals surface area contributed by atoms with Crippen molar-refractivity contribution in [3.05, 3.63) is 72.7 Å². The van der Waals surface area contributed by atoms with E-state index in [1.807, 2.05) is 13.8 Å². The van der Waals surface area contributed by atoms with Crippen molar-refractivity contribution in [2.45, 2.75) is 37.6 Å². The van der Waals surface area contributed by atoms with Crippen LogP contribution < -0.4 is 18.9 Å². The lowest BCUT2D eigenvalue weighted by atomic mass is 10.1. The summed E-state index contributed by atoms with van der Waals surface area (Å²) < 4.78 is 47.3. The maximum Gasteiger partial charge on any atom is 0.280 e. The highest BCUT2D eigenvalue weighted by Gasteiger charge is 2.28. The SMILES string of the molecule is COc1ccccc1Oc1c(NS(=O)(=O)c2ccc(C(C)C)cn2)nc(-c2ccncc2)nc1OCC1CC1. The molecule has 0 atom stereocenters. The molecular weight excluding hydrogens is 518 g/mol. The van der Waals surface area contributed by atoms with Crippen LogP contribution in [0.5, 0.6) is 23.1 Å². The molecular formula is C28H29N5O5S. The predicted molar refractivity (Wildman–Crippen MR) is 146 cm³/mol. The van der Waals surface area contributed by atoms with E-state index in [2.05, 4.69) is 24.7 Å². The van der Waals surface area contributed by atoms with Gasteiger partial charge in [0, 0.05) is 24.2 Å². The summed E-state index contributed by atoms with van der Waals surface area (Å²) >= 11 is 0. The molecule has 0 aliphatic heterocycles. The quantitative estimate of drug-likeness (QED) is 0.261. The van der Waals surface area contributed by atoms with Crippen molar-refractivity contribution >= 4 is 15.8 Å². The maximum absolute atomic E-state index is 13.5. The van der Waals surface area contributed by atoms with Crippen LogP contribution in [-0.4, -0.2) is 42.1 Å². The van der Waals surface area contributed by atoms with Gasteiger partial charge < -0.3 is 14.2 Å². The van der Waals surface area contributed by atoms with Gasteiger partial charge in [-0.05, 0) is 60.6 Å². The molecule has 11 heteroatoms. The Kier molecular flexibility index (Phi) is 7.60. The van der Waals surface area contributed by atoms with Gasteiger partial charge in [0.1, 0.15) is 0 Å². The van der Waals surface area contributed by atoms with E-state index in [9.17, 15) is 8.42 Å². The lowest BCUT2D eigenvalue weighted by Gasteiger charge is -2.18. The van der Waals surface area contributed by atoms with E-state index in [-0.39, 0.29) is 34.2 Å². The Morgan fingerprint density at radius 1 is 1.00 bits per heavy atom. The topological polar surface area (TPSA) is 125 Å². The van der Waals surface area contributed by atoms with Crippen molar-refractivity contribution in [2.24, 2.45) is 5.92 Å². The van der Waals surface area contributed by atoms with Crippen LogP contribution >= 0.6 is 0 Å².